The van der Waals surface area contributed by atoms with Gasteiger partial charge in [-0.15, -0.1) is 0 Å². The highest BCUT2D eigenvalue weighted by molar-refractivity contribution is 6.46. The predicted octanol–water partition coefficient (Wildman–Crippen LogP) is 5.46. The lowest BCUT2D eigenvalue weighted by molar-refractivity contribution is 0.415. The Balaban J connectivity index is 2.76. The van der Waals surface area contributed by atoms with Gasteiger partial charge in [-0.2, -0.15) is 0 Å². The molecule has 0 saturated heterocycles. The van der Waals surface area contributed by atoms with Gasteiger partial charge in [0.1, 0.15) is 11.6 Å². The van der Waals surface area contributed by atoms with Gasteiger partial charge in [0, 0.05) is 11.1 Å². The number of methoxy groups -OCH3 is 1. The molecule has 94 valence electrons. The first-order chi connectivity index (χ1) is 8.54. The lowest BCUT2D eigenvalue weighted by Gasteiger charge is -2.12. The molecule has 1 nitrogen and oxygen atoms in total. The van der Waals surface area contributed by atoms with Gasteiger partial charge >= 0.3 is 0 Å². The van der Waals surface area contributed by atoms with Crippen LogP contribution in [0.2, 0.25) is 15.1 Å². The van der Waals surface area contributed by atoms with Gasteiger partial charge in [0.25, 0.3) is 0 Å². The minimum absolute atomic E-state index is 0.271. The molecule has 0 aliphatic rings. The van der Waals surface area contributed by atoms with Gasteiger partial charge in [-0.05, 0) is 30.3 Å². The summed E-state index contributed by atoms with van der Waals surface area (Å²) < 4.78 is 18.5. The second-order valence-corrected chi connectivity index (χ2v) is 4.76. The van der Waals surface area contributed by atoms with Crippen LogP contribution in [-0.4, -0.2) is 7.11 Å². The summed E-state index contributed by atoms with van der Waals surface area (Å²) in [6, 6.07) is 7.31. The van der Waals surface area contributed by atoms with E-state index in [1.807, 2.05) is 0 Å². The van der Waals surface area contributed by atoms with Gasteiger partial charge in [0.15, 0.2) is 0 Å². The maximum Gasteiger partial charge on any atom is 0.126 e. The Morgan fingerprint density at radius 3 is 2.33 bits per heavy atom. The molecule has 18 heavy (non-hydrogen) atoms. The van der Waals surface area contributed by atoms with Crippen molar-refractivity contribution in [3.8, 4) is 16.9 Å². The molecule has 0 atom stereocenters. The molecule has 0 aromatic heterocycles. The fourth-order valence-electron chi connectivity index (χ4n) is 1.65. The molecule has 0 spiro atoms. The number of halogens is 4. The summed E-state index contributed by atoms with van der Waals surface area (Å²) in [7, 11) is 1.49. The van der Waals surface area contributed by atoms with Crippen molar-refractivity contribution >= 4 is 34.8 Å². The molecule has 0 unspecified atom stereocenters. The Morgan fingerprint density at radius 1 is 1.00 bits per heavy atom. The fourth-order valence-corrected chi connectivity index (χ4v) is 2.38. The van der Waals surface area contributed by atoms with Crippen molar-refractivity contribution in [2.24, 2.45) is 0 Å². The largest absolute Gasteiger partial charge is 0.496 e. The van der Waals surface area contributed by atoms with E-state index in [0.717, 1.165) is 0 Å². The second-order valence-electron chi connectivity index (χ2n) is 3.56. The minimum atomic E-state index is -0.405. The van der Waals surface area contributed by atoms with E-state index in [9.17, 15) is 4.39 Å². The Hall–Kier alpha value is -0.960. The van der Waals surface area contributed by atoms with E-state index in [1.54, 1.807) is 12.1 Å². The molecule has 0 saturated carbocycles. The van der Waals surface area contributed by atoms with Crippen LogP contribution in [0, 0.1) is 5.82 Å². The maximum atomic E-state index is 13.4. The van der Waals surface area contributed by atoms with Gasteiger partial charge in [0.05, 0.1) is 22.2 Å². The molecule has 2 aromatic carbocycles. The quantitative estimate of drug-likeness (QED) is 0.669. The van der Waals surface area contributed by atoms with Crippen LogP contribution in [0.15, 0.2) is 30.3 Å². The van der Waals surface area contributed by atoms with E-state index < -0.39 is 5.82 Å². The summed E-state index contributed by atoms with van der Waals surface area (Å²) in [5.41, 5.74) is 0.928. The molecule has 0 radical (unpaired) electrons. The van der Waals surface area contributed by atoms with E-state index in [1.165, 1.54) is 25.3 Å². The smallest absolute Gasteiger partial charge is 0.126 e. The Morgan fingerprint density at radius 2 is 1.67 bits per heavy atom. The monoisotopic (exact) mass is 304 g/mol. The van der Waals surface area contributed by atoms with Crippen LogP contribution >= 0.6 is 34.8 Å². The lowest BCUT2D eigenvalue weighted by Crippen LogP contribution is -1.91. The van der Waals surface area contributed by atoms with E-state index in [4.69, 9.17) is 39.5 Å². The molecule has 0 amide bonds. The molecular weight excluding hydrogens is 297 g/mol. The van der Waals surface area contributed by atoms with E-state index in [2.05, 4.69) is 0 Å². The van der Waals surface area contributed by atoms with Crippen molar-refractivity contribution in [3.63, 3.8) is 0 Å². The first-order valence-corrected chi connectivity index (χ1v) is 6.15. The minimum Gasteiger partial charge on any atom is -0.496 e. The van der Waals surface area contributed by atoms with E-state index >= 15 is 0 Å². The number of ether oxygens (including phenoxy) is 1. The highest BCUT2D eigenvalue weighted by Gasteiger charge is 2.16. The molecule has 0 bridgehead atoms. The number of hydrogen-bond acceptors (Lipinski definition) is 1. The Kier molecular flexibility index (Phi) is 4.00. The van der Waals surface area contributed by atoms with Crippen LogP contribution in [0.3, 0.4) is 0 Å². The number of rotatable bonds is 2. The van der Waals surface area contributed by atoms with Crippen molar-refractivity contribution < 1.29 is 9.13 Å². The standard InChI is InChI=1S/C13H8Cl3FO/c1-18-11-5-2-7(17)6-8(11)12-9(14)3-4-10(15)13(12)16/h2-6H,1H3. The maximum absolute atomic E-state index is 13.4. The van der Waals surface area contributed by atoms with E-state index in [0.29, 0.717) is 26.9 Å². The molecule has 0 aliphatic carbocycles. The third-order valence-corrected chi connectivity index (χ3v) is 3.59. The highest BCUT2D eigenvalue weighted by Crippen LogP contribution is 2.42. The molecule has 0 heterocycles. The topological polar surface area (TPSA) is 9.23 Å². The average Bonchev–Trinajstić information content (AvgIpc) is 2.35. The van der Waals surface area contributed by atoms with Crippen LogP contribution in [-0.2, 0) is 0 Å². The van der Waals surface area contributed by atoms with Crippen LogP contribution < -0.4 is 4.74 Å². The zero-order valence-electron chi connectivity index (χ0n) is 9.31. The normalized spacial score (nSPS) is 10.5. The lowest BCUT2D eigenvalue weighted by atomic mass is 10.0. The van der Waals surface area contributed by atoms with Gasteiger partial charge < -0.3 is 4.74 Å². The van der Waals surface area contributed by atoms with Gasteiger partial charge in [-0.25, -0.2) is 4.39 Å². The van der Waals surface area contributed by atoms with Gasteiger partial charge in [-0.3, -0.25) is 0 Å². The first kappa shape index (κ1) is 13.5. The molecular formula is C13H8Cl3FO. The summed E-state index contributed by atoms with van der Waals surface area (Å²) >= 11 is 18.2. The molecule has 2 rings (SSSR count). The molecule has 0 fully saturated rings. The molecule has 0 aliphatic heterocycles. The molecule has 5 heteroatoms. The summed E-state index contributed by atoms with van der Waals surface area (Å²) in [4.78, 5) is 0. The van der Waals surface area contributed by atoms with Crippen molar-refractivity contribution in [1.29, 1.82) is 0 Å². The third-order valence-electron chi connectivity index (χ3n) is 2.47. The fraction of sp³-hybridized carbons (Fsp3) is 0.0769. The third kappa shape index (κ3) is 2.41. The average molecular weight is 306 g/mol. The number of hydrogen-bond donors (Lipinski definition) is 0. The number of benzene rings is 2. The van der Waals surface area contributed by atoms with Crippen molar-refractivity contribution in [2.75, 3.05) is 7.11 Å². The van der Waals surface area contributed by atoms with Crippen molar-refractivity contribution in [1.82, 2.24) is 0 Å². The molecule has 2 aromatic rings. The van der Waals surface area contributed by atoms with Gasteiger partial charge in [-0.1, -0.05) is 34.8 Å². The predicted molar refractivity (Wildman–Crippen MR) is 73.4 cm³/mol. The van der Waals surface area contributed by atoms with Crippen LogP contribution in [0.4, 0.5) is 4.39 Å². The summed E-state index contributed by atoms with van der Waals surface area (Å²) in [5, 5.41) is 1.00. The van der Waals surface area contributed by atoms with Gasteiger partial charge in [0.2, 0.25) is 0 Å². The van der Waals surface area contributed by atoms with Crippen LogP contribution in [0.5, 0.6) is 5.75 Å². The Bertz CT molecular complexity index is 599. The van der Waals surface area contributed by atoms with Crippen LogP contribution in [0.25, 0.3) is 11.1 Å². The second kappa shape index (κ2) is 5.35. The van der Waals surface area contributed by atoms with Crippen molar-refractivity contribution in [2.45, 2.75) is 0 Å². The Labute approximate surface area is 119 Å². The highest BCUT2D eigenvalue weighted by atomic mass is 35.5. The van der Waals surface area contributed by atoms with Crippen LogP contribution in [0.1, 0.15) is 0 Å². The zero-order chi connectivity index (χ0) is 13.3. The van der Waals surface area contributed by atoms with Crippen molar-refractivity contribution in [3.05, 3.63) is 51.2 Å². The first-order valence-electron chi connectivity index (χ1n) is 5.02. The summed E-state index contributed by atoms with van der Waals surface area (Å²) in [6.45, 7) is 0. The summed E-state index contributed by atoms with van der Waals surface area (Å²) in [6.07, 6.45) is 0. The SMILES string of the molecule is COc1ccc(F)cc1-c1c(Cl)ccc(Cl)c1Cl. The molecule has 0 N–H and O–H groups in total. The van der Waals surface area contributed by atoms with E-state index in [-0.39, 0.29) is 5.02 Å². The summed E-state index contributed by atoms with van der Waals surface area (Å²) in [5.74, 6) is 0.0698. The zero-order valence-corrected chi connectivity index (χ0v) is 11.6.